The summed E-state index contributed by atoms with van der Waals surface area (Å²) in [4.78, 5) is 3.89. The Bertz CT molecular complexity index is 3120. The maximum absolute atomic E-state index is 3.89. The van der Waals surface area contributed by atoms with Crippen molar-refractivity contribution in [2.24, 2.45) is 0 Å². The van der Waals surface area contributed by atoms with E-state index in [4.69, 9.17) is 0 Å². The zero-order valence-electron chi connectivity index (χ0n) is 27.8. The lowest BCUT2D eigenvalue weighted by atomic mass is 9.85. The van der Waals surface area contributed by atoms with Crippen LogP contribution in [0.4, 0.5) is 0 Å². The summed E-state index contributed by atoms with van der Waals surface area (Å²) in [6, 6.07) is 66.9. The lowest BCUT2D eigenvalue weighted by Crippen LogP contribution is -1.91. The first-order valence-electron chi connectivity index (χ1n) is 17.7. The number of nitrogens with one attached hydrogen (secondary N) is 1. The molecule has 1 heterocycles. The second-order valence-electron chi connectivity index (χ2n) is 13.7. The predicted molar refractivity (Wildman–Crippen MR) is 220 cm³/mol. The lowest BCUT2D eigenvalue weighted by Gasteiger charge is -2.18. The predicted octanol–water partition coefficient (Wildman–Crippen LogP) is 14.1. The number of benzene rings is 10. The highest BCUT2D eigenvalue weighted by Crippen LogP contribution is 2.46. The van der Waals surface area contributed by atoms with E-state index in [-0.39, 0.29) is 0 Å². The van der Waals surface area contributed by atoms with E-state index in [0.717, 1.165) is 5.52 Å². The van der Waals surface area contributed by atoms with Crippen molar-refractivity contribution in [3.8, 4) is 33.4 Å². The van der Waals surface area contributed by atoms with Crippen molar-refractivity contribution in [1.29, 1.82) is 0 Å². The van der Waals surface area contributed by atoms with E-state index in [9.17, 15) is 0 Å². The Morgan fingerprint density at radius 1 is 0.275 bits per heavy atom. The van der Waals surface area contributed by atoms with Gasteiger partial charge in [-0.2, -0.15) is 0 Å². The molecule has 0 amide bonds. The third-order valence-electron chi connectivity index (χ3n) is 11.0. The van der Waals surface area contributed by atoms with E-state index in [1.807, 2.05) is 0 Å². The molecule has 11 rings (SSSR count). The first-order chi connectivity index (χ1) is 25.3. The summed E-state index contributed by atoms with van der Waals surface area (Å²) in [6.07, 6.45) is 0. The van der Waals surface area contributed by atoms with Crippen LogP contribution in [0.2, 0.25) is 0 Å². The van der Waals surface area contributed by atoms with E-state index in [1.54, 1.807) is 0 Å². The maximum atomic E-state index is 3.89. The normalized spacial score (nSPS) is 11.9. The van der Waals surface area contributed by atoms with Gasteiger partial charge in [0.05, 0.1) is 5.52 Å². The van der Waals surface area contributed by atoms with Crippen LogP contribution >= 0.6 is 0 Å². The van der Waals surface area contributed by atoms with Gasteiger partial charge in [-0.3, -0.25) is 0 Å². The fourth-order valence-electron chi connectivity index (χ4n) is 8.66. The number of rotatable bonds is 3. The van der Waals surface area contributed by atoms with Crippen LogP contribution < -0.4 is 0 Å². The van der Waals surface area contributed by atoms with Gasteiger partial charge in [-0.1, -0.05) is 170 Å². The van der Waals surface area contributed by atoms with Gasteiger partial charge in [0, 0.05) is 21.7 Å². The summed E-state index contributed by atoms with van der Waals surface area (Å²) in [7, 11) is 0. The van der Waals surface area contributed by atoms with Gasteiger partial charge in [0.15, 0.2) is 0 Å². The van der Waals surface area contributed by atoms with Crippen LogP contribution in [-0.4, -0.2) is 4.98 Å². The Kier molecular flexibility index (Phi) is 6.02. The Balaban J connectivity index is 1.12. The molecule has 1 heteroatoms. The molecule has 0 atom stereocenters. The van der Waals surface area contributed by atoms with Crippen molar-refractivity contribution in [1.82, 2.24) is 4.98 Å². The summed E-state index contributed by atoms with van der Waals surface area (Å²) in [5.74, 6) is 0. The zero-order chi connectivity index (χ0) is 33.5. The highest BCUT2D eigenvalue weighted by Gasteiger charge is 2.19. The molecule has 0 fully saturated rings. The van der Waals surface area contributed by atoms with Crippen molar-refractivity contribution in [3.63, 3.8) is 0 Å². The zero-order valence-corrected chi connectivity index (χ0v) is 27.8. The van der Waals surface area contributed by atoms with Crippen LogP contribution in [0.5, 0.6) is 0 Å². The number of hydrogen-bond acceptors (Lipinski definition) is 0. The smallest absolute Gasteiger partial charge is 0.0551 e. The first-order valence-corrected chi connectivity index (χ1v) is 17.7. The summed E-state index contributed by atoms with van der Waals surface area (Å²) < 4.78 is 0. The molecular formula is C50H31N. The molecule has 0 saturated heterocycles. The molecule has 1 nitrogen and oxygen atoms in total. The van der Waals surface area contributed by atoms with Gasteiger partial charge in [0.2, 0.25) is 0 Å². The minimum atomic E-state index is 1.16. The Morgan fingerprint density at radius 2 is 0.745 bits per heavy atom. The van der Waals surface area contributed by atoms with Gasteiger partial charge >= 0.3 is 0 Å². The highest BCUT2D eigenvalue weighted by atomic mass is 14.7. The molecule has 0 radical (unpaired) electrons. The monoisotopic (exact) mass is 645 g/mol. The SMILES string of the molecule is c1ccc2cc(-c3ccc(-c4c5ccccc5c(-c5ccc6c(c5)[nH]c5c7ccccc7c7ccccc7c65)c5ccccc45)cc3)ccc2c1. The van der Waals surface area contributed by atoms with Crippen LogP contribution in [-0.2, 0) is 0 Å². The molecule has 0 bridgehead atoms. The summed E-state index contributed by atoms with van der Waals surface area (Å²) in [5.41, 5.74) is 9.81. The van der Waals surface area contributed by atoms with Crippen molar-refractivity contribution >= 4 is 75.7 Å². The number of H-pyrrole nitrogens is 1. The van der Waals surface area contributed by atoms with Gasteiger partial charge in [-0.25, -0.2) is 0 Å². The molecule has 0 spiro atoms. The molecule has 1 aromatic heterocycles. The van der Waals surface area contributed by atoms with Crippen molar-refractivity contribution in [2.75, 3.05) is 0 Å². The molecule has 10 aromatic carbocycles. The van der Waals surface area contributed by atoms with Gasteiger partial charge in [-0.05, 0) is 94.0 Å². The second kappa shape index (κ2) is 10.9. The first kappa shape index (κ1) is 28.2. The van der Waals surface area contributed by atoms with E-state index in [0.29, 0.717) is 0 Å². The molecule has 1 N–H and O–H groups in total. The van der Waals surface area contributed by atoms with Crippen LogP contribution in [0.1, 0.15) is 0 Å². The molecular weight excluding hydrogens is 615 g/mol. The van der Waals surface area contributed by atoms with Crippen molar-refractivity contribution < 1.29 is 0 Å². The minimum absolute atomic E-state index is 1.16. The number of aromatic nitrogens is 1. The summed E-state index contributed by atoms with van der Waals surface area (Å²) in [5, 5.41) is 15.3. The fraction of sp³-hybridized carbons (Fsp3) is 0. The molecule has 0 saturated carbocycles. The Labute approximate surface area is 295 Å². The van der Waals surface area contributed by atoms with Crippen molar-refractivity contribution in [3.05, 3.63) is 182 Å². The average molecular weight is 646 g/mol. The third-order valence-corrected chi connectivity index (χ3v) is 11.0. The van der Waals surface area contributed by atoms with E-state index < -0.39 is 0 Å². The molecule has 0 aliphatic rings. The summed E-state index contributed by atoms with van der Waals surface area (Å²) >= 11 is 0. The largest absolute Gasteiger partial charge is 0.354 e. The van der Waals surface area contributed by atoms with Crippen LogP contribution in [0.3, 0.4) is 0 Å². The third kappa shape index (κ3) is 4.22. The molecule has 0 aliphatic heterocycles. The van der Waals surface area contributed by atoms with Gasteiger partial charge in [0.1, 0.15) is 0 Å². The van der Waals surface area contributed by atoms with E-state index in [1.165, 1.54) is 104 Å². The highest BCUT2D eigenvalue weighted by molar-refractivity contribution is 6.31. The van der Waals surface area contributed by atoms with Crippen LogP contribution in [0, 0.1) is 0 Å². The molecule has 51 heavy (non-hydrogen) atoms. The van der Waals surface area contributed by atoms with Crippen LogP contribution in [0.25, 0.3) is 109 Å². The van der Waals surface area contributed by atoms with E-state index in [2.05, 4.69) is 187 Å². The van der Waals surface area contributed by atoms with Gasteiger partial charge in [0.25, 0.3) is 0 Å². The second-order valence-corrected chi connectivity index (χ2v) is 13.7. The minimum Gasteiger partial charge on any atom is -0.354 e. The quantitative estimate of drug-likeness (QED) is 0.145. The summed E-state index contributed by atoms with van der Waals surface area (Å²) in [6.45, 7) is 0. The topological polar surface area (TPSA) is 15.8 Å². The van der Waals surface area contributed by atoms with Gasteiger partial charge < -0.3 is 4.98 Å². The molecule has 11 aromatic rings. The average Bonchev–Trinajstić information content (AvgIpc) is 3.59. The van der Waals surface area contributed by atoms with E-state index >= 15 is 0 Å². The Hall–Kier alpha value is -6.70. The fourth-order valence-corrected chi connectivity index (χ4v) is 8.66. The van der Waals surface area contributed by atoms with Crippen molar-refractivity contribution in [2.45, 2.75) is 0 Å². The number of fused-ring (bicyclic) bond motifs is 11. The Morgan fingerprint density at radius 3 is 1.41 bits per heavy atom. The number of hydrogen-bond donors (Lipinski definition) is 1. The molecule has 0 aliphatic carbocycles. The molecule has 236 valence electrons. The number of aromatic amines is 1. The standard InChI is InChI=1S/C50H31N/c1-2-12-34-29-35(26-23-31(34)11-1)32-21-24-33(25-22-32)47-40-16-6-8-18-42(40)48(43-19-9-7-17-41(43)47)36-27-28-45-46(30-36)51-50-44-20-10-4-14-38(44)37-13-3-5-15-39(37)49(45)50/h1-30,51H. The van der Waals surface area contributed by atoms with Gasteiger partial charge in [-0.15, -0.1) is 0 Å². The molecule has 0 unspecified atom stereocenters. The lowest BCUT2D eigenvalue weighted by molar-refractivity contribution is 1.56. The van der Waals surface area contributed by atoms with Crippen LogP contribution in [0.15, 0.2) is 182 Å². The maximum Gasteiger partial charge on any atom is 0.0551 e.